The first-order valence-corrected chi connectivity index (χ1v) is 11.8. The number of para-hydroxylation sites is 1. The zero-order valence-corrected chi connectivity index (χ0v) is 19.9. The SMILES string of the molecule is CCOCCOCc1cccc(CNC(=O)/C=C/c2ccccc2OCc2csc(C)n2)c1. The van der Waals surface area contributed by atoms with Crippen molar-refractivity contribution in [1.29, 1.82) is 0 Å². The quantitative estimate of drug-likeness (QED) is 0.286. The van der Waals surface area contributed by atoms with Crippen molar-refractivity contribution in [1.82, 2.24) is 10.3 Å². The maximum absolute atomic E-state index is 12.4. The molecule has 0 aliphatic heterocycles. The second kappa shape index (κ2) is 13.5. The number of benzene rings is 2. The van der Waals surface area contributed by atoms with E-state index in [9.17, 15) is 4.79 Å². The van der Waals surface area contributed by atoms with E-state index in [0.717, 1.165) is 27.4 Å². The molecule has 3 aromatic rings. The predicted molar refractivity (Wildman–Crippen MR) is 131 cm³/mol. The lowest BCUT2D eigenvalue weighted by atomic mass is 10.1. The van der Waals surface area contributed by atoms with Crippen LogP contribution in [0, 0.1) is 6.92 Å². The molecule has 0 saturated heterocycles. The number of thiazole rings is 1. The Labute approximate surface area is 199 Å². The minimum atomic E-state index is -0.168. The normalized spacial score (nSPS) is 11.1. The molecule has 0 unspecified atom stereocenters. The fourth-order valence-corrected chi connectivity index (χ4v) is 3.67. The summed E-state index contributed by atoms with van der Waals surface area (Å²) in [6.07, 6.45) is 3.29. The van der Waals surface area contributed by atoms with Crippen LogP contribution < -0.4 is 10.1 Å². The Balaban J connectivity index is 1.48. The number of nitrogens with zero attached hydrogens (tertiary/aromatic N) is 1. The van der Waals surface area contributed by atoms with Crippen molar-refractivity contribution in [2.45, 2.75) is 33.6 Å². The van der Waals surface area contributed by atoms with E-state index in [1.807, 2.05) is 67.8 Å². The lowest BCUT2D eigenvalue weighted by Gasteiger charge is -2.08. The third kappa shape index (κ3) is 8.81. The fourth-order valence-electron chi connectivity index (χ4n) is 3.07. The van der Waals surface area contributed by atoms with E-state index in [-0.39, 0.29) is 5.91 Å². The van der Waals surface area contributed by atoms with Crippen LogP contribution in [0.2, 0.25) is 0 Å². The van der Waals surface area contributed by atoms with Crippen molar-refractivity contribution in [3.05, 3.63) is 87.4 Å². The molecule has 2 aromatic carbocycles. The number of carbonyl (C=O) groups is 1. The molecule has 1 amide bonds. The third-order valence-corrected chi connectivity index (χ3v) is 5.50. The molecule has 0 atom stereocenters. The highest BCUT2D eigenvalue weighted by Gasteiger charge is 2.04. The molecule has 0 aliphatic rings. The number of amides is 1. The monoisotopic (exact) mass is 466 g/mol. The first-order chi connectivity index (χ1) is 16.1. The highest BCUT2D eigenvalue weighted by atomic mass is 32.1. The van der Waals surface area contributed by atoms with E-state index >= 15 is 0 Å². The topological polar surface area (TPSA) is 69.7 Å². The maximum Gasteiger partial charge on any atom is 0.244 e. The molecule has 6 nitrogen and oxygen atoms in total. The Kier molecular flexibility index (Phi) is 10.1. The minimum Gasteiger partial charge on any atom is -0.487 e. The number of rotatable bonds is 13. The molecule has 7 heteroatoms. The van der Waals surface area contributed by atoms with Crippen molar-refractivity contribution in [3.8, 4) is 5.75 Å². The van der Waals surface area contributed by atoms with Gasteiger partial charge in [-0.2, -0.15) is 0 Å². The van der Waals surface area contributed by atoms with Crippen LogP contribution in [-0.4, -0.2) is 30.7 Å². The smallest absolute Gasteiger partial charge is 0.244 e. The van der Waals surface area contributed by atoms with E-state index < -0.39 is 0 Å². The van der Waals surface area contributed by atoms with E-state index in [4.69, 9.17) is 14.2 Å². The van der Waals surface area contributed by atoms with Gasteiger partial charge in [0.05, 0.1) is 30.5 Å². The molecule has 0 aliphatic carbocycles. The molecule has 174 valence electrons. The molecule has 0 spiro atoms. The number of aryl methyl sites for hydroxylation is 1. The van der Waals surface area contributed by atoms with Crippen LogP contribution in [0.15, 0.2) is 60.0 Å². The number of nitrogens with one attached hydrogen (secondary N) is 1. The molecule has 1 aromatic heterocycles. The first-order valence-electron chi connectivity index (χ1n) is 11.0. The molecule has 33 heavy (non-hydrogen) atoms. The van der Waals surface area contributed by atoms with Crippen molar-refractivity contribution >= 4 is 23.3 Å². The summed E-state index contributed by atoms with van der Waals surface area (Å²) in [6.45, 7) is 7.14. The van der Waals surface area contributed by atoms with Gasteiger partial charge in [0.2, 0.25) is 5.91 Å². The Morgan fingerprint density at radius 1 is 1.06 bits per heavy atom. The molecule has 0 radical (unpaired) electrons. The van der Waals surface area contributed by atoms with Gasteiger partial charge in [-0.25, -0.2) is 4.98 Å². The summed E-state index contributed by atoms with van der Waals surface area (Å²) in [4.78, 5) is 16.8. The predicted octanol–water partition coefficient (Wildman–Crippen LogP) is 4.91. The molecular weight excluding hydrogens is 436 g/mol. The van der Waals surface area contributed by atoms with Crippen LogP contribution in [0.1, 0.15) is 34.3 Å². The van der Waals surface area contributed by atoms with Gasteiger partial charge in [-0.3, -0.25) is 4.79 Å². The molecule has 1 heterocycles. The van der Waals surface area contributed by atoms with Crippen LogP contribution >= 0.6 is 11.3 Å². The Hall–Kier alpha value is -3.00. The largest absolute Gasteiger partial charge is 0.487 e. The molecular formula is C26H30N2O4S. The average Bonchev–Trinajstić information content (AvgIpc) is 3.25. The molecule has 0 bridgehead atoms. The van der Waals surface area contributed by atoms with Crippen LogP contribution in [0.4, 0.5) is 0 Å². The molecule has 3 rings (SSSR count). The number of aromatic nitrogens is 1. The molecule has 1 N–H and O–H groups in total. The summed E-state index contributed by atoms with van der Waals surface area (Å²) < 4.78 is 16.8. The fraction of sp³-hybridized carbons (Fsp3) is 0.308. The van der Waals surface area contributed by atoms with Gasteiger partial charge in [0, 0.05) is 30.2 Å². The second-order valence-corrected chi connectivity index (χ2v) is 8.37. The highest BCUT2D eigenvalue weighted by Crippen LogP contribution is 2.21. The third-order valence-electron chi connectivity index (χ3n) is 4.68. The van der Waals surface area contributed by atoms with Gasteiger partial charge in [-0.1, -0.05) is 42.5 Å². The first kappa shape index (κ1) is 24.6. The van der Waals surface area contributed by atoms with E-state index in [2.05, 4.69) is 10.3 Å². The number of ether oxygens (including phenoxy) is 3. The van der Waals surface area contributed by atoms with Crippen molar-refractivity contribution < 1.29 is 19.0 Å². The zero-order chi connectivity index (χ0) is 23.3. The average molecular weight is 467 g/mol. The summed E-state index contributed by atoms with van der Waals surface area (Å²) in [5.41, 5.74) is 3.82. The van der Waals surface area contributed by atoms with Crippen LogP contribution in [0.25, 0.3) is 6.08 Å². The second-order valence-electron chi connectivity index (χ2n) is 7.30. The van der Waals surface area contributed by atoms with E-state index in [1.165, 1.54) is 6.08 Å². The van der Waals surface area contributed by atoms with Crippen LogP contribution in [0.3, 0.4) is 0 Å². The Bertz CT molecular complexity index is 1050. The number of carbonyl (C=O) groups excluding carboxylic acids is 1. The van der Waals surface area contributed by atoms with Gasteiger partial charge in [0.25, 0.3) is 0 Å². The van der Waals surface area contributed by atoms with Gasteiger partial charge in [-0.05, 0) is 37.1 Å². The van der Waals surface area contributed by atoms with Crippen molar-refractivity contribution in [2.24, 2.45) is 0 Å². The summed E-state index contributed by atoms with van der Waals surface area (Å²) >= 11 is 1.60. The van der Waals surface area contributed by atoms with Crippen molar-refractivity contribution in [2.75, 3.05) is 19.8 Å². The van der Waals surface area contributed by atoms with Gasteiger partial charge < -0.3 is 19.5 Å². The van der Waals surface area contributed by atoms with E-state index in [1.54, 1.807) is 17.4 Å². The Morgan fingerprint density at radius 2 is 1.88 bits per heavy atom. The van der Waals surface area contributed by atoms with Gasteiger partial charge in [0.15, 0.2) is 0 Å². The number of hydrogen-bond acceptors (Lipinski definition) is 6. The summed E-state index contributed by atoms with van der Waals surface area (Å²) in [5, 5.41) is 5.93. The highest BCUT2D eigenvalue weighted by molar-refractivity contribution is 7.09. The molecule has 0 saturated carbocycles. The standard InChI is InChI=1S/C26H30N2O4S/c1-3-30-13-14-31-17-22-8-6-7-21(15-22)16-27-26(29)12-11-23-9-4-5-10-25(23)32-18-24-19-33-20(2)28-24/h4-12,15,19H,3,13-14,16-18H2,1-2H3,(H,27,29)/b12-11+. The lowest BCUT2D eigenvalue weighted by Crippen LogP contribution is -2.20. The van der Waals surface area contributed by atoms with E-state index in [0.29, 0.717) is 45.3 Å². The zero-order valence-electron chi connectivity index (χ0n) is 19.1. The van der Waals surface area contributed by atoms with Crippen LogP contribution in [0.5, 0.6) is 5.75 Å². The summed E-state index contributed by atoms with van der Waals surface area (Å²) in [7, 11) is 0. The van der Waals surface area contributed by atoms with Crippen molar-refractivity contribution in [3.63, 3.8) is 0 Å². The van der Waals surface area contributed by atoms with Crippen LogP contribution in [-0.2, 0) is 34.0 Å². The van der Waals surface area contributed by atoms with Gasteiger partial charge in [0.1, 0.15) is 12.4 Å². The lowest BCUT2D eigenvalue weighted by molar-refractivity contribution is -0.116. The Morgan fingerprint density at radius 3 is 2.70 bits per heavy atom. The molecule has 0 fully saturated rings. The minimum absolute atomic E-state index is 0.168. The number of hydrogen-bond donors (Lipinski definition) is 1. The summed E-state index contributed by atoms with van der Waals surface area (Å²) in [5.74, 6) is 0.544. The van der Waals surface area contributed by atoms with Gasteiger partial charge >= 0.3 is 0 Å². The maximum atomic E-state index is 12.4. The summed E-state index contributed by atoms with van der Waals surface area (Å²) in [6, 6.07) is 15.6. The van der Waals surface area contributed by atoms with Gasteiger partial charge in [-0.15, -0.1) is 11.3 Å².